The molecule has 144 valence electrons. The summed E-state index contributed by atoms with van der Waals surface area (Å²) in [7, 11) is 0. The standard InChI is InChI=1S/C24H20N2O3/c27-15-17-7-5-13-25-23(17)12-6-14-26-24(28)29-16-22-20-10-3-1-8-18(20)19-9-2-4-11-21(19)22/h1-13,15,22H,14,16H2,(H,26,28). The summed E-state index contributed by atoms with van der Waals surface area (Å²) < 4.78 is 5.48. The summed E-state index contributed by atoms with van der Waals surface area (Å²) in [6.45, 7) is 0.560. The number of carbonyl (C=O) groups excluding carboxylic acids is 2. The first-order valence-electron chi connectivity index (χ1n) is 9.43. The Morgan fingerprint density at radius 1 is 1.00 bits per heavy atom. The van der Waals surface area contributed by atoms with Crippen molar-refractivity contribution >= 4 is 18.5 Å². The van der Waals surface area contributed by atoms with Gasteiger partial charge >= 0.3 is 6.09 Å². The van der Waals surface area contributed by atoms with E-state index in [9.17, 15) is 9.59 Å². The van der Waals surface area contributed by atoms with Gasteiger partial charge in [-0.25, -0.2) is 4.79 Å². The number of ether oxygens (including phenoxy) is 1. The highest BCUT2D eigenvalue weighted by Crippen LogP contribution is 2.44. The molecule has 1 heterocycles. The average Bonchev–Trinajstić information content (AvgIpc) is 3.09. The van der Waals surface area contributed by atoms with Crippen molar-refractivity contribution in [3.8, 4) is 11.1 Å². The molecule has 4 rings (SSSR count). The number of aromatic nitrogens is 1. The van der Waals surface area contributed by atoms with Crippen molar-refractivity contribution in [3.63, 3.8) is 0 Å². The Balaban J connectivity index is 1.34. The normalized spacial score (nSPS) is 12.4. The molecule has 0 saturated heterocycles. The predicted molar refractivity (Wildman–Crippen MR) is 112 cm³/mol. The highest BCUT2D eigenvalue weighted by Gasteiger charge is 2.28. The number of alkyl carbamates (subject to hydrolysis) is 1. The Bertz CT molecular complexity index is 1030. The van der Waals surface area contributed by atoms with Gasteiger partial charge in [-0.15, -0.1) is 0 Å². The van der Waals surface area contributed by atoms with Crippen molar-refractivity contribution in [1.29, 1.82) is 0 Å². The van der Waals surface area contributed by atoms with Crippen molar-refractivity contribution in [2.24, 2.45) is 0 Å². The number of aldehydes is 1. The van der Waals surface area contributed by atoms with Gasteiger partial charge in [-0.2, -0.15) is 0 Å². The van der Waals surface area contributed by atoms with E-state index < -0.39 is 6.09 Å². The number of amides is 1. The molecule has 0 bridgehead atoms. The lowest BCUT2D eigenvalue weighted by molar-refractivity contribution is 0.112. The Morgan fingerprint density at radius 3 is 2.38 bits per heavy atom. The van der Waals surface area contributed by atoms with Crippen LogP contribution in [0.2, 0.25) is 0 Å². The van der Waals surface area contributed by atoms with E-state index in [1.807, 2.05) is 24.3 Å². The van der Waals surface area contributed by atoms with Gasteiger partial charge in [0.2, 0.25) is 0 Å². The molecular formula is C24H20N2O3. The molecule has 1 amide bonds. The minimum atomic E-state index is -0.479. The number of fused-ring (bicyclic) bond motifs is 3. The first kappa shape index (κ1) is 18.6. The van der Waals surface area contributed by atoms with Crippen molar-refractivity contribution in [2.75, 3.05) is 13.2 Å². The minimum Gasteiger partial charge on any atom is -0.449 e. The van der Waals surface area contributed by atoms with Crippen LogP contribution in [0.25, 0.3) is 17.2 Å². The van der Waals surface area contributed by atoms with Crippen LogP contribution >= 0.6 is 0 Å². The monoisotopic (exact) mass is 384 g/mol. The molecule has 0 saturated carbocycles. The Hall–Kier alpha value is -3.73. The molecule has 29 heavy (non-hydrogen) atoms. The van der Waals surface area contributed by atoms with E-state index in [0.29, 0.717) is 11.3 Å². The van der Waals surface area contributed by atoms with Crippen LogP contribution in [-0.4, -0.2) is 30.5 Å². The molecule has 1 aliphatic carbocycles. The summed E-state index contributed by atoms with van der Waals surface area (Å²) in [5.74, 6) is 0.0346. The fourth-order valence-electron chi connectivity index (χ4n) is 3.63. The fraction of sp³-hybridized carbons (Fsp3) is 0.125. The van der Waals surface area contributed by atoms with E-state index in [1.165, 1.54) is 22.3 Å². The minimum absolute atomic E-state index is 0.0346. The Labute approximate surface area is 169 Å². The summed E-state index contributed by atoms with van der Waals surface area (Å²) in [6.07, 6.45) is 5.33. The van der Waals surface area contributed by atoms with Gasteiger partial charge in [0.25, 0.3) is 0 Å². The maximum absolute atomic E-state index is 12.1. The van der Waals surface area contributed by atoms with E-state index in [1.54, 1.807) is 30.5 Å². The summed E-state index contributed by atoms with van der Waals surface area (Å²) in [4.78, 5) is 27.2. The van der Waals surface area contributed by atoms with Gasteiger partial charge in [0.05, 0.1) is 5.69 Å². The number of rotatable bonds is 6. The lowest BCUT2D eigenvalue weighted by Crippen LogP contribution is -2.26. The molecule has 0 aliphatic heterocycles. The topological polar surface area (TPSA) is 68.3 Å². The number of pyridine rings is 1. The molecule has 1 aliphatic rings. The zero-order valence-corrected chi connectivity index (χ0v) is 15.7. The van der Waals surface area contributed by atoms with Gasteiger partial charge in [-0.3, -0.25) is 9.78 Å². The molecule has 0 spiro atoms. The van der Waals surface area contributed by atoms with Crippen LogP contribution in [-0.2, 0) is 4.74 Å². The average molecular weight is 384 g/mol. The highest BCUT2D eigenvalue weighted by molar-refractivity contribution is 5.80. The highest BCUT2D eigenvalue weighted by atomic mass is 16.5. The van der Waals surface area contributed by atoms with Crippen LogP contribution < -0.4 is 5.32 Å². The second-order valence-corrected chi connectivity index (χ2v) is 6.70. The smallest absolute Gasteiger partial charge is 0.407 e. The van der Waals surface area contributed by atoms with E-state index in [2.05, 4.69) is 34.6 Å². The Kier molecular flexibility index (Phi) is 5.47. The first-order valence-corrected chi connectivity index (χ1v) is 9.43. The van der Waals surface area contributed by atoms with Gasteiger partial charge < -0.3 is 10.1 Å². The van der Waals surface area contributed by atoms with Gasteiger partial charge in [-0.1, -0.05) is 54.6 Å². The molecular weight excluding hydrogens is 364 g/mol. The van der Waals surface area contributed by atoms with Crippen LogP contribution in [0, 0.1) is 0 Å². The van der Waals surface area contributed by atoms with Crippen LogP contribution in [0.3, 0.4) is 0 Å². The van der Waals surface area contributed by atoms with Crippen molar-refractivity contribution in [3.05, 3.63) is 95.3 Å². The number of benzene rings is 2. The number of nitrogens with one attached hydrogen (secondary N) is 1. The summed E-state index contributed by atoms with van der Waals surface area (Å²) >= 11 is 0. The SMILES string of the molecule is O=Cc1cccnc1C=CCNC(=O)OCC1c2ccccc2-c2ccccc21. The largest absolute Gasteiger partial charge is 0.449 e. The van der Waals surface area contributed by atoms with Crippen LogP contribution in [0.1, 0.15) is 33.1 Å². The van der Waals surface area contributed by atoms with Crippen LogP contribution in [0.5, 0.6) is 0 Å². The van der Waals surface area contributed by atoms with E-state index in [-0.39, 0.29) is 19.1 Å². The lowest BCUT2D eigenvalue weighted by Gasteiger charge is -2.14. The molecule has 1 aromatic heterocycles. The van der Waals surface area contributed by atoms with Crippen LogP contribution in [0.15, 0.2) is 72.9 Å². The molecule has 5 heteroatoms. The van der Waals surface area contributed by atoms with Crippen molar-refractivity contribution in [2.45, 2.75) is 5.92 Å². The zero-order valence-electron chi connectivity index (χ0n) is 15.7. The van der Waals surface area contributed by atoms with Crippen molar-refractivity contribution in [1.82, 2.24) is 10.3 Å². The van der Waals surface area contributed by atoms with Gasteiger partial charge in [0.15, 0.2) is 6.29 Å². The summed E-state index contributed by atoms with van der Waals surface area (Å²) in [5.41, 5.74) is 5.82. The quantitative estimate of drug-likeness (QED) is 0.638. The second-order valence-electron chi connectivity index (χ2n) is 6.70. The number of carbonyl (C=O) groups is 2. The van der Waals surface area contributed by atoms with Gasteiger partial charge in [0.1, 0.15) is 6.61 Å². The van der Waals surface area contributed by atoms with Crippen molar-refractivity contribution < 1.29 is 14.3 Å². The molecule has 0 fully saturated rings. The maximum Gasteiger partial charge on any atom is 0.407 e. The number of hydrogen-bond acceptors (Lipinski definition) is 4. The van der Waals surface area contributed by atoms with E-state index >= 15 is 0 Å². The summed E-state index contributed by atoms with van der Waals surface area (Å²) in [6, 6.07) is 19.8. The summed E-state index contributed by atoms with van der Waals surface area (Å²) in [5, 5.41) is 2.70. The van der Waals surface area contributed by atoms with Gasteiger partial charge in [0, 0.05) is 24.2 Å². The third-order valence-electron chi connectivity index (χ3n) is 4.98. The molecule has 5 nitrogen and oxygen atoms in total. The maximum atomic E-state index is 12.1. The second kappa shape index (κ2) is 8.52. The van der Waals surface area contributed by atoms with E-state index in [4.69, 9.17) is 4.74 Å². The third kappa shape index (κ3) is 3.94. The fourth-order valence-corrected chi connectivity index (χ4v) is 3.63. The molecule has 0 atom stereocenters. The molecule has 2 aromatic carbocycles. The number of nitrogens with zero attached hydrogens (tertiary/aromatic N) is 1. The Morgan fingerprint density at radius 2 is 1.69 bits per heavy atom. The van der Waals surface area contributed by atoms with Gasteiger partial charge in [-0.05, 0) is 40.5 Å². The van der Waals surface area contributed by atoms with Crippen LogP contribution in [0.4, 0.5) is 4.79 Å². The third-order valence-corrected chi connectivity index (χ3v) is 4.98. The molecule has 3 aromatic rings. The molecule has 0 unspecified atom stereocenters. The number of hydrogen-bond donors (Lipinski definition) is 1. The first-order chi connectivity index (χ1) is 14.3. The molecule has 0 radical (unpaired) electrons. The van der Waals surface area contributed by atoms with E-state index in [0.717, 1.165) is 6.29 Å². The lowest BCUT2D eigenvalue weighted by atomic mass is 9.98. The zero-order chi connectivity index (χ0) is 20.1. The molecule has 1 N–H and O–H groups in total. The predicted octanol–water partition coefficient (Wildman–Crippen LogP) is 4.45.